The van der Waals surface area contributed by atoms with Gasteiger partial charge < -0.3 is 14.3 Å². The van der Waals surface area contributed by atoms with Crippen LogP contribution in [0.3, 0.4) is 0 Å². The molecule has 0 saturated heterocycles. The predicted octanol–water partition coefficient (Wildman–Crippen LogP) is 3.46. The van der Waals surface area contributed by atoms with Gasteiger partial charge in [0.1, 0.15) is 17.1 Å². The van der Waals surface area contributed by atoms with Crippen LogP contribution in [-0.2, 0) is 0 Å². The molecule has 3 aromatic rings. The maximum atomic E-state index is 13.0. The number of halogens is 1. The summed E-state index contributed by atoms with van der Waals surface area (Å²) >= 11 is 0. The van der Waals surface area contributed by atoms with Crippen LogP contribution in [0.2, 0.25) is 0 Å². The average Bonchev–Trinajstić information content (AvgIpc) is 2.79. The Labute approximate surface area is 112 Å². The Hall–Kier alpha value is -2.89. The molecule has 0 unspecified atom stereocenters. The van der Waals surface area contributed by atoms with Crippen molar-refractivity contribution < 1.29 is 23.4 Å². The number of aromatic carboxylic acids is 1. The van der Waals surface area contributed by atoms with Gasteiger partial charge in [0.05, 0.1) is 5.56 Å². The fraction of sp³-hybridized carbons (Fsp3) is 0. The maximum absolute atomic E-state index is 13.0. The number of hydrogen-bond acceptors (Lipinski definition) is 4. The Morgan fingerprint density at radius 3 is 2.85 bits per heavy atom. The number of nitrogens with zero attached hydrogens (tertiary/aromatic N) is 1. The second kappa shape index (κ2) is 4.65. The Balaban J connectivity index is 1.95. The van der Waals surface area contributed by atoms with E-state index >= 15 is 0 Å². The fourth-order valence-electron chi connectivity index (χ4n) is 1.71. The highest BCUT2D eigenvalue weighted by Crippen LogP contribution is 2.26. The van der Waals surface area contributed by atoms with E-state index < -0.39 is 11.8 Å². The molecule has 1 N–H and O–H groups in total. The van der Waals surface area contributed by atoms with Crippen molar-refractivity contribution in [1.82, 2.24) is 4.98 Å². The lowest BCUT2D eigenvalue weighted by molar-refractivity contribution is 0.0697. The van der Waals surface area contributed by atoms with E-state index in [0.717, 1.165) is 0 Å². The standard InChI is InChI=1S/C14H8FNO4/c15-9-2-1-3-10(7-9)19-14-16-11-5-4-8(13(17)18)6-12(11)20-14/h1-7H,(H,17,18). The maximum Gasteiger partial charge on any atom is 0.400 e. The van der Waals surface area contributed by atoms with Crippen molar-refractivity contribution in [3.05, 3.63) is 53.8 Å². The van der Waals surface area contributed by atoms with Crippen LogP contribution in [0, 0.1) is 5.82 Å². The van der Waals surface area contributed by atoms with Gasteiger partial charge in [0.15, 0.2) is 5.58 Å². The first-order valence-corrected chi connectivity index (χ1v) is 5.69. The van der Waals surface area contributed by atoms with E-state index in [-0.39, 0.29) is 23.0 Å². The summed E-state index contributed by atoms with van der Waals surface area (Å²) in [5, 5.41) is 8.88. The van der Waals surface area contributed by atoms with Gasteiger partial charge >= 0.3 is 12.0 Å². The molecule has 3 rings (SSSR count). The summed E-state index contributed by atoms with van der Waals surface area (Å²) in [7, 11) is 0. The third kappa shape index (κ3) is 2.31. The van der Waals surface area contributed by atoms with Crippen LogP contribution in [0.1, 0.15) is 10.4 Å². The Morgan fingerprint density at radius 2 is 2.10 bits per heavy atom. The lowest BCUT2D eigenvalue weighted by atomic mass is 10.2. The molecule has 0 amide bonds. The molecule has 0 fully saturated rings. The number of ether oxygens (including phenoxy) is 1. The highest BCUT2D eigenvalue weighted by molar-refractivity contribution is 5.91. The summed E-state index contributed by atoms with van der Waals surface area (Å²) in [6, 6.07) is 9.81. The number of carboxylic acid groups (broad SMARTS) is 1. The number of oxazole rings is 1. The number of hydrogen-bond donors (Lipinski definition) is 1. The third-order valence-corrected chi connectivity index (χ3v) is 2.62. The third-order valence-electron chi connectivity index (χ3n) is 2.62. The summed E-state index contributed by atoms with van der Waals surface area (Å²) in [5.74, 6) is -1.25. The Bertz CT molecular complexity index is 797. The zero-order chi connectivity index (χ0) is 14.1. The van der Waals surface area contributed by atoms with Crippen molar-refractivity contribution in [2.45, 2.75) is 0 Å². The van der Waals surface area contributed by atoms with Crippen LogP contribution >= 0.6 is 0 Å². The summed E-state index contributed by atoms with van der Waals surface area (Å²) < 4.78 is 23.6. The molecule has 1 aromatic heterocycles. The second-order valence-electron chi connectivity index (χ2n) is 4.03. The molecule has 0 aliphatic rings. The molecular weight excluding hydrogens is 265 g/mol. The number of fused-ring (bicyclic) bond motifs is 1. The van der Waals surface area contributed by atoms with Crippen molar-refractivity contribution in [3.8, 4) is 11.8 Å². The molecule has 0 atom stereocenters. The van der Waals surface area contributed by atoms with Crippen molar-refractivity contribution >= 4 is 17.1 Å². The number of carbonyl (C=O) groups is 1. The van der Waals surface area contributed by atoms with E-state index in [9.17, 15) is 9.18 Å². The molecular formula is C14H8FNO4. The van der Waals surface area contributed by atoms with Crippen LogP contribution in [0.4, 0.5) is 4.39 Å². The van der Waals surface area contributed by atoms with E-state index in [1.165, 1.54) is 36.4 Å². The summed E-state index contributed by atoms with van der Waals surface area (Å²) in [4.78, 5) is 14.9. The van der Waals surface area contributed by atoms with Crippen LogP contribution in [0.25, 0.3) is 11.1 Å². The molecule has 0 aliphatic carbocycles. The molecule has 0 radical (unpaired) electrons. The molecule has 0 aliphatic heterocycles. The zero-order valence-electron chi connectivity index (χ0n) is 10.0. The van der Waals surface area contributed by atoms with Gasteiger partial charge in [-0.15, -0.1) is 0 Å². The molecule has 0 bridgehead atoms. The van der Waals surface area contributed by atoms with Gasteiger partial charge in [0.25, 0.3) is 0 Å². The molecule has 0 spiro atoms. The van der Waals surface area contributed by atoms with Gasteiger partial charge in [0, 0.05) is 6.07 Å². The Kier molecular flexibility index (Phi) is 2.83. The minimum absolute atomic E-state index is 0.0758. The molecule has 2 aromatic carbocycles. The highest BCUT2D eigenvalue weighted by atomic mass is 19.1. The number of carboxylic acids is 1. The van der Waals surface area contributed by atoms with E-state index in [1.807, 2.05) is 0 Å². The van der Waals surface area contributed by atoms with Crippen LogP contribution in [-0.4, -0.2) is 16.1 Å². The molecule has 6 heteroatoms. The summed E-state index contributed by atoms with van der Waals surface area (Å²) in [6.45, 7) is 0. The predicted molar refractivity (Wildman–Crippen MR) is 67.4 cm³/mol. The van der Waals surface area contributed by atoms with Gasteiger partial charge in [-0.3, -0.25) is 0 Å². The van der Waals surface area contributed by atoms with E-state index in [2.05, 4.69) is 4.98 Å². The first-order chi connectivity index (χ1) is 9.61. The smallest absolute Gasteiger partial charge is 0.400 e. The van der Waals surface area contributed by atoms with Crippen molar-refractivity contribution in [3.63, 3.8) is 0 Å². The van der Waals surface area contributed by atoms with Crippen LogP contribution in [0.15, 0.2) is 46.9 Å². The minimum Gasteiger partial charge on any atom is -0.478 e. The number of benzene rings is 2. The lowest BCUT2D eigenvalue weighted by Crippen LogP contribution is -1.94. The Morgan fingerprint density at radius 1 is 1.25 bits per heavy atom. The molecule has 0 saturated carbocycles. The highest BCUT2D eigenvalue weighted by Gasteiger charge is 2.11. The van der Waals surface area contributed by atoms with E-state index in [1.54, 1.807) is 6.07 Å². The fourth-order valence-corrected chi connectivity index (χ4v) is 1.71. The molecule has 1 heterocycles. The summed E-state index contributed by atoms with van der Waals surface area (Å²) in [6.07, 6.45) is -0.0758. The number of rotatable bonds is 3. The van der Waals surface area contributed by atoms with Crippen molar-refractivity contribution in [2.75, 3.05) is 0 Å². The monoisotopic (exact) mass is 273 g/mol. The van der Waals surface area contributed by atoms with Gasteiger partial charge in [-0.05, 0) is 30.3 Å². The minimum atomic E-state index is -1.06. The van der Waals surface area contributed by atoms with E-state index in [0.29, 0.717) is 5.52 Å². The van der Waals surface area contributed by atoms with Crippen LogP contribution < -0.4 is 4.74 Å². The lowest BCUT2D eigenvalue weighted by Gasteiger charge is -1.99. The summed E-state index contributed by atoms with van der Waals surface area (Å²) in [5.41, 5.74) is 0.837. The normalized spacial score (nSPS) is 10.7. The molecule has 20 heavy (non-hydrogen) atoms. The first-order valence-electron chi connectivity index (χ1n) is 5.69. The zero-order valence-corrected chi connectivity index (χ0v) is 10.0. The van der Waals surface area contributed by atoms with Gasteiger partial charge in [-0.2, -0.15) is 4.98 Å². The van der Waals surface area contributed by atoms with Crippen molar-refractivity contribution in [1.29, 1.82) is 0 Å². The molecule has 100 valence electrons. The SMILES string of the molecule is O=C(O)c1ccc2nc(Oc3cccc(F)c3)oc2c1. The van der Waals surface area contributed by atoms with Crippen molar-refractivity contribution in [2.24, 2.45) is 0 Å². The second-order valence-corrected chi connectivity index (χ2v) is 4.03. The van der Waals surface area contributed by atoms with Crippen LogP contribution in [0.5, 0.6) is 11.8 Å². The number of aromatic nitrogens is 1. The van der Waals surface area contributed by atoms with Gasteiger partial charge in [0.2, 0.25) is 0 Å². The molecule has 5 nitrogen and oxygen atoms in total. The van der Waals surface area contributed by atoms with Gasteiger partial charge in [-0.1, -0.05) is 6.07 Å². The quantitative estimate of drug-likeness (QED) is 0.791. The first kappa shape index (κ1) is 12.2. The van der Waals surface area contributed by atoms with Gasteiger partial charge in [-0.25, -0.2) is 9.18 Å². The largest absolute Gasteiger partial charge is 0.478 e. The topological polar surface area (TPSA) is 72.6 Å². The average molecular weight is 273 g/mol. The van der Waals surface area contributed by atoms with E-state index in [4.69, 9.17) is 14.3 Å².